The summed E-state index contributed by atoms with van der Waals surface area (Å²) in [6, 6.07) is 5.99. The number of nitrogens with zero attached hydrogens (tertiary/aromatic N) is 3. The summed E-state index contributed by atoms with van der Waals surface area (Å²) in [5.74, 6) is 0.809. The van der Waals surface area contributed by atoms with Gasteiger partial charge in [0.25, 0.3) is 0 Å². The third kappa shape index (κ3) is 1.40. The van der Waals surface area contributed by atoms with E-state index in [1.54, 1.807) is 0 Å². The molecule has 0 unspecified atom stereocenters. The maximum Gasteiger partial charge on any atom is 0.155 e. The number of aryl methyl sites for hydroxylation is 1. The third-order valence-corrected chi connectivity index (χ3v) is 1.90. The van der Waals surface area contributed by atoms with Gasteiger partial charge in [-0.1, -0.05) is 6.07 Å². The van der Waals surface area contributed by atoms with Crippen molar-refractivity contribution in [2.24, 2.45) is 0 Å². The van der Waals surface area contributed by atoms with Crippen LogP contribution in [0.25, 0.3) is 5.65 Å². The number of nitrogens with one attached hydrogen (secondary N) is 1. The summed E-state index contributed by atoms with van der Waals surface area (Å²) < 4.78 is 1.87. The average molecular weight is 176 g/mol. The molecule has 0 bridgehead atoms. The minimum atomic E-state index is 0.806. The lowest BCUT2D eigenvalue weighted by Gasteiger charge is -2.01. The van der Waals surface area contributed by atoms with Crippen molar-refractivity contribution in [3.05, 3.63) is 29.7 Å². The minimum absolute atomic E-state index is 0.806. The predicted octanol–water partition coefficient (Wildman–Crippen LogP) is 0.757. The SMILES string of the molecule is CNCc1cccc2nc(C)nn12. The highest BCUT2D eigenvalue weighted by Gasteiger charge is 2.02. The van der Waals surface area contributed by atoms with Gasteiger partial charge in [-0.3, -0.25) is 0 Å². The van der Waals surface area contributed by atoms with Crippen LogP contribution in [0.3, 0.4) is 0 Å². The summed E-state index contributed by atoms with van der Waals surface area (Å²) in [4.78, 5) is 4.28. The quantitative estimate of drug-likeness (QED) is 0.734. The highest BCUT2D eigenvalue weighted by Crippen LogP contribution is 2.04. The molecule has 2 rings (SSSR count). The van der Waals surface area contributed by atoms with Crippen molar-refractivity contribution in [1.29, 1.82) is 0 Å². The molecule has 0 aromatic carbocycles. The zero-order valence-corrected chi connectivity index (χ0v) is 7.78. The van der Waals surface area contributed by atoms with Gasteiger partial charge in [0, 0.05) is 6.54 Å². The molecule has 13 heavy (non-hydrogen) atoms. The van der Waals surface area contributed by atoms with Gasteiger partial charge in [-0.05, 0) is 26.1 Å². The highest BCUT2D eigenvalue weighted by atomic mass is 15.3. The predicted molar refractivity (Wildman–Crippen MR) is 50.5 cm³/mol. The summed E-state index contributed by atoms with van der Waals surface area (Å²) in [6.07, 6.45) is 0. The van der Waals surface area contributed by atoms with Gasteiger partial charge in [0.2, 0.25) is 0 Å². The van der Waals surface area contributed by atoms with Crippen LogP contribution in [0.2, 0.25) is 0 Å². The first-order chi connectivity index (χ1) is 6.31. The zero-order valence-electron chi connectivity index (χ0n) is 7.78. The van der Waals surface area contributed by atoms with Crippen molar-refractivity contribution in [2.75, 3.05) is 7.05 Å². The van der Waals surface area contributed by atoms with Crippen LogP contribution < -0.4 is 5.32 Å². The van der Waals surface area contributed by atoms with Crippen LogP contribution in [-0.4, -0.2) is 21.6 Å². The number of aromatic nitrogens is 3. The van der Waals surface area contributed by atoms with Gasteiger partial charge in [-0.2, -0.15) is 5.10 Å². The van der Waals surface area contributed by atoms with Gasteiger partial charge in [0.1, 0.15) is 5.82 Å². The summed E-state index contributed by atoms with van der Waals surface area (Å²) in [7, 11) is 1.92. The second-order valence-corrected chi connectivity index (χ2v) is 2.98. The Balaban J connectivity index is 2.60. The molecule has 0 atom stereocenters. The molecule has 2 aromatic rings. The van der Waals surface area contributed by atoms with E-state index in [2.05, 4.69) is 15.4 Å². The lowest BCUT2D eigenvalue weighted by atomic mass is 10.3. The van der Waals surface area contributed by atoms with E-state index in [4.69, 9.17) is 0 Å². The molecule has 0 radical (unpaired) electrons. The Labute approximate surface area is 76.6 Å². The van der Waals surface area contributed by atoms with E-state index in [9.17, 15) is 0 Å². The number of pyridine rings is 1. The van der Waals surface area contributed by atoms with Crippen LogP contribution in [0.15, 0.2) is 18.2 Å². The number of hydrogen-bond acceptors (Lipinski definition) is 3. The first-order valence-corrected chi connectivity index (χ1v) is 4.27. The molecular formula is C9H12N4. The van der Waals surface area contributed by atoms with E-state index in [0.29, 0.717) is 0 Å². The summed E-state index contributed by atoms with van der Waals surface area (Å²) in [5.41, 5.74) is 2.03. The van der Waals surface area contributed by atoms with E-state index < -0.39 is 0 Å². The molecule has 2 aromatic heterocycles. The smallest absolute Gasteiger partial charge is 0.155 e. The zero-order chi connectivity index (χ0) is 9.26. The van der Waals surface area contributed by atoms with Crippen LogP contribution >= 0.6 is 0 Å². The Kier molecular flexibility index (Phi) is 1.98. The summed E-state index contributed by atoms with van der Waals surface area (Å²) in [6.45, 7) is 2.70. The topological polar surface area (TPSA) is 42.2 Å². The highest BCUT2D eigenvalue weighted by molar-refractivity contribution is 5.38. The summed E-state index contributed by atoms with van der Waals surface area (Å²) >= 11 is 0. The van der Waals surface area contributed by atoms with Crippen molar-refractivity contribution in [2.45, 2.75) is 13.5 Å². The van der Waals surface area contributed by atoms with Gasteiger partial charge in [-0.25, -0.2) is 9.50 Å². The normalized spacial score (nSPS) is 10.9. The minimum Gasteiger partial charge on any atom is -0.314 e. The molecule has 2 heterocycles. The van der Waals surface area contributed by atoms with Crippen LogP contribution in [-0.2, 0) is 6.54 Å². The molecule has 1 N–H and O–H groups in total. The summed E-state index contributed by atoms with van der Waals surface area (Å²) in [5, 5.41) is 7.39. The number of fused-ring (bicyclic) bond motifs is 1. The molecule has 0 spiro atoms. The molecule has 68 valence electrons. The second-order valence-electron chi connectivity index (χ2n) is 2.98. The molecule has 0 amide bonds. The van der Waals surface area contributed by atoms with Crippen molar-refractivity contribution in [1.82, 2.24) is 19.9 Å². The van der Waals surface area contributed by atoms with E-state index in [1.807, 2.05) is 36.7 Å². The van der Waals surface area contributed by atoms with Crippen LogP contribution in [0.1, 0.15) is 11.5 Å². The van der Waals surface area contributed by atoms with E-state index in [1.165, 1.54) is 0 Å². The molecule has 0 saturated carbocycles. The molecule has 4 heteroatoms. The Morgan fingerprint density at radius 2 is 2.31 bits per heavy atom. The lowest BCUT2D eigenvalue weighted by molar-refractivity contribution is 0.743. The maximum absolute atomic E-state index is 4.30. The van der Waals surface area contributed by atoms with Gasteiger partial charge in [-0.15, -0.1) is 0 Å². The average Bonchev–Trinajstić information content (AvgIpc) is 2.47. The van der Waals surface area contributed by atoms with Gasteiger partial charge in [0.15, 0.2) is 5.65 Å². The maximum atomic E-state index is 4.30. The fraction of sp³-hybridized carbons (Fsp3) is 0.333. The Bertz CT molecular complexity index is 418. The Morgan fingerprint density at radius 1 is 1.46 bits per heavy atom. The standard InChI is InChI=1S/C9H12N4/c1-7-11-9-5-3-4-8(6-10-2)13(9)12-7/h3-5,10H,6H2,1-2H3. The van der Waals surface area contributed by atoms with Gasteiger partial charge < -0.3 is 5.32 Å². The monoisotopic (exact) mass is 176 g/mol. The fourth-order valence-corrected chi connectivity index (χ4v) is 1.38. The number of rotatable bonds is 2. The Hall–Kier alpha value is -1.42. The first-order valence-electron chi connectivity index (χ1n) is 4.27. The molecule has 0 aliphatic heterocycles. The van der Waals surface area contributed by atoms with Gasteiger partial charge >= 0.3 is 0 Å². The Morgan fingerprint density at radius 3 is 3.08 bits per heavy atom. The molecule has 0 saturated heterocycles. The second kappa shape index (κ2) is 3.14. The van der Waals surface area contributed by atoms with E-state index in [0.717, 1.165) is 23.7 Å². The van der Waals surface area contributed by atoms with Crippen molar-refractivity contribution < 1.29 is 0 Å². The van der Waals surface area contributed by atoms with E-state index in [-0.39, 0.29) is 0 Å². The van der Waals surface area contributed by atoms with Crippen LogP contribution in [0.4, 0.5) is 0 Å². The molecule has 0 fully saturated rings. The molecule has 4 nitrogen and oxygen atoms in total. The first kappa shape index (κ1) is 8.19. The van der Waals surface area contributed by atoms with Crippen LogP contribution in [0.5, 0.6) is 0 Å². The number of hydrogen-bond donors (Lipinski definition) is 1. The fourth-order valence-electron chi connectivity index (χ4n) is 1.38. The van der Waals surface area contributed by atoms with Crippen molar-refractivity contribution in [3.8, 4) is 0 Å². The molecular weight excluding hydrogens is 164 g/mol. The molecule has 0 aliphatic rings. The third-order valence-electron chi connectivity index (χ3n) is 1.90. The van der Waals surface area contributed by atoms with Crippen LogP contribution in [0, 0.1) is 6.92 Å². The van der Waals surface area contributed by atoms with Crippen molar-refractivity contribution in [3.63, 3.8) is 0 Å². The largest absolute Gasteiger partial charge is 0.314 e. The van der Waals surface area contributed by atoms with Gasteiger partial charge in [0.05, 0.1) is 5.69 Å². The lowest BCUT2D eigenvalue weighted by Crippen LogP contribution is -2.09. The molecule has 0 aliphatic carbocycles. The van der Waals surface area contributed by atoms with E-state index >= 15 is 0 Å². The van der Waals surface area contributed by atoms with Crippen molar-refractivity contribution >= 4 is 5.65 Å².